The van der Waals surface area contributed by atoms with Crippen LogP contribution >= 0.6 is 0 Å². The highest BCUT2D eigenvalue weighted by Gasteiger charge is 2.12. The number of pyridine rings is 1. The topological polar surface area (TPSA) is 101 Å². The van der Waals surface area contributed by atoms with Crippen LogP contribution < -0.4 is 15.4 Å². The summed E-state index contributed by atoms with van der Waals surface area (Å²) in [5.74, 6) is -0.182. The van der Waals surface area contributed by atoms with E-state index >= 15 is 0 Å². The number of anilines is 2. The molecular formula is C23H27FN6O3. The van der Waals surface area contributed by atoms with E-state index in [2.05, 4.69) is 20.7 Å². The van der Waals surface area contributed by atoms with Crippen LogP contribution in [0.2, 0.25) is 0 Å². The quantitative estimate of drug-likeness (QED) is 0.432. The molecule has 0 radical (unpaired) electrons. The number of benzene rings is 1. The first-order valence-electron chi connectivity index (χ1n) is 10.5. The van der Waals surface area contributed by atoms with E-state index in [0.717, 1.165) is 11.3 Å². The van der Waals surface area contributed by atoms with Crippen molar-refractivity contribution in [2.45, 2.75) is 19.9 Å². The van der Waals surface area contributed by atoms with Gasteiger partial charge in [-0.1, -0.05) is 17.7 Å². The molecule has 1 aromatic carbocycles. The number of amides is 2. The number of hydrogen-bond acceptors (Lipinski definition) is 6. The van der Waals surface area contributed by atoms with Crippen molar-refractivity contribution in [1.82, 2.24) is 19.7 Å². The van der Waals surface area contributed by atoms with Crippen molar-refractivity contribution in [1.29, 1.82) is 0 Å². The van der Waals surface area contributed by atoms with Crippen LogP contribution in [0.5, 0.6) is 5.75 Å². The van der Waals surface area contributed by atoms with Gasteiger partial charge < -0.3 is 20.3 Å². The van der Waals surface area contributed by atoms with Gasteiger partial charge in [-0.3, -0.25) is 14.3 Å². The van der Waals surface area contributed by atoms with Gasteiger partial charge in [0.2, 0.25) is 17.8 Å². The van der Waals surface area contributed by atoms with Crippen LogP contribution in [0.4, 0.5) is 15.8 Å². The van der Waals surface area contributed by atoms with Crippen molar-refractivity contribution >= 4 is 23.2 Å². The number of aromatic nitrogens is 3. The molecule has 10 heteroatoms. The van der Waals surface area contributed by atoms with Crippen LogP contribution in [0.3, 0.4) is 0 Å². The van der Waals surface area contributed by atoms with Crippen LogP contribution in [-0.4, -0.2) is 58.2 Å². The third-order valence-electron chi connectivity index (χ3n) is 4.76. The molecule has 3 rings (SSSR count). The van der Waals surface area contributed by atoms with Crippen molar-refractivity contribution < 1.29 is 18.7 Å². The molecule has 9 nitrogen and oxygen atoms in total. The van der Waals surface area contributed by atoms with E-state index in [1.807, 2.05) is 31.2 Å². The Morgan fingerprint density at radius 1 is 1.18 bits per heavy atom. The van der Waals surface area contributed by atoms with Gasteiger partial charge in [0, 0.05) is 44.2 Å². The van der Waals surface area contributed by atoms with Crippen LogP contribution in [0.25, 0.3) is 0 Å². The molecule has 2 amide bonds. The fraction of sp³-hybridized carbons (Fsp3) is 0.304. The zero-order chi connectivity index (χ0) is 23.6. The van der Waals surface area contributed by atoms with Gasteiger partial charge in [0.15, 0.2) is 0 Å². The van der Waals surface area contributed by atoms with E-state index in [1.165, 1.54) is 23.1 Å². The van der Waals surface area contributed by atoms with Crippen LogP contribution in [0.1, 0.15) is 12.0 Å². The Morgan fingerprint density at radius 2 is 1.97 bits per heavy atom. The molecule has 0 aliphatic heterocycles. The Kier molecular flexibility index (Phi) is 8.34. The van der Waals surface area contributed by atoms with E-state index < -0.39 is 5.95 Å². The molecule has 33 heavy (non-hydrogen) atoms. The van der Waals surface area contributed by atoms with E-state index in [9.17, 15) is 14.0 Å². The third kappa shape index (κ3) is 7.91. The molecule has 0 aliphatic carbocycles. The summed E-state index contributed by atoms with van der Waals surface area (Å²) in [4.78, 5) is 29.6. The highest BCUT2D eigenvalue weighted by Crippen LogP contribution is 2.11. The lowest BCUT2D eigenvalue weighted by molar-refractivity contribution is -0.131. The molecule has 0 unspecified atom stereocenters. The largest absolute Gasteiger partial charge is 0.492 e. The first-order valence-corrected chi connectivity index (χ1v) is 10.5. The van der Waals surface area contributed by atoms with Gasteiger partial charge in [-0.25, -0.2) is 4.98 Å². The van der Waals surface area contributed by atoms with Gasteiger partial charge >= 0.3 is 0 Å². The lowest BCUT2D eigenvalue weighted by Gasteiger charge is -2.17. The van der Waals surface area contributed by atoms with Gasteiger partial charge in [0.05, 0.1) is 18.4 Å². The Hall–Kier alpha value is -3.95. The minimum Gasteiger partial charge on any atom is -0.492 e. The monoisotopic (exact) mass is 454 g/mol. The Morgan fingerprint density at radius 3 is 2.73 bits per heavy atom. The summed E-state index contributed by atoms with van der Waals surface area (Å²) in [6.45, 7) is 3.20. The van der Waals surface area contributed by atoms with Crippen molar-refractivity contribution in [3.63, 3.8) is 0 Å². The lowest BCUT2D eigenvalue weighted by atomic mass is 10.2. The number of halogens is 1. The maximum atomic E-state index is 13.1. The number of likely N-dealkylation sites (N-methyl/N-ethyl adjacent to an activating group) is 1. The minimum absolute atomic E-state index is 0.0477. The number of carbonyl (C=O) groups is 2. The standard InChI is InChI=1S/C23H27FN6O3/c1-17-3-5-20(6-4-17)33-12-11-29(2)23(32)16-30-15-19(14-27-30)28-22(31)8-10-25-18-7-9-26-21(24)13-18/h3-7,9,13-15H,8,10-12,16H2,1-2H3,(H,25,26)(H,28,31). The summed E-state index contributed by atoms with van der Waals surface area (Å²) in [6, 6.07) is 10.6. The van der Waals surface area contributed by atoms with Gasteiger partial charge in [-0.05, 0) is 25.1 Å². The van der Waals surface area contributed by atoms with Crippen molar-refractivity contribution in [2.75, 3.05) is 37.4 Å². The lowest BCUT2D eigenvalue weighted by Crippen LogP contribution is -2.33. The van der Waals surface area contributed by atoms with Gasteiger partial charge in [0.1, 0.15) is 18.9 Å². The zero-order valence-corrected chi connectivity index (χ0v) is 18.6. The molecule has 0 aliphatic rings. The number of rotatable bonds is 11. The molecule has 0 bridgehead atoms. The first-order chi connectivity index (χ1) is 15.9. The molecule has 2 heterocycles. The summed E-state index contributed by atoms with van der Waals surface area (Å²) >= 11 is 0. The normalized spacial score (nSPS) is 10.5. The van der Waals surface area contributed by atoms with E-state index in [4.69, 9.17) is 4.74 Å². The van der Waals surface area contributed by atoms with Crippen LogP contribution in [0, 0.1) is 12.9 Å². The highest BCUT2D eigenvalue weighted by molar-refractivity contribution is 5.90. The number of carbonyl (C=O) groups excluding carboxylic acids is 2. The van der Waals surface area contributed by atoms with E-state index in [-0.39, 0.29) is 24.8 Å². The average molecular weight is 455 g/mol. The molecule has 0 fully saturated rings. The number of nitrogens with one attached hydrogen (secondary N) is 2. The van der Waals surface area contributed by atoms with Crippen molar-refractivity contribution in [3.05, 3.63) is 66.5 Å². The first kappa shape index (κ1) is 23.7. The molecule has 0 spiro atoms. The minimum atomic E-state index is -0.587. The Labute approximate surface area is 191 Å². The fourth-order valence-electron chi connectivity index (χ4n) is 2.89. The van der Waals surface area contributed by atoms with Gasteiger partial charge in [0.25, 0.3) is 0 Å². The Bertz CT molecular complexity index is 1070. The molecule has 2 aromatic heterocycles. The molecule has 0 atom stereocenters. The number of hydrogen-bond donors (Lipinski definition) is 2. The second-order valence-electron chi connectivity index (χ2n) is 7.50. The molecular weight excluding hydrogens is 427 g/mol. The summed E-state index contributed by atoms with van der Waals surface area (Å²) in [7, 11) is 1.70. The molecule has 0 saturated heterocycles. The third-order valence-corrected chi connectivity index (χ3v) is 4.76. The predicted molar refractivity (Wildman–Crippen MR) is 122 cm³/mol. The second-order valence-corrected chi connectivity index (χ2v) is 7.50. The smallest absolute Gasteiger partial charge is 0.244 e. The number of nitrogens with zero attached hydrogens (tertiary/aromatic N) is 4. The predicted octanol–water partition coefficient (Wildman–Crippen LogP) is 2.70. The highest BCUT2D eigenvalue weighted by atomic mass is 19.1. The summed E-state index contributed by atoms with van der Waals surface area (Å²) in [5, 5.41) is 9.80. The average Bonchev–Trinajstić information content (AvgIpc) is 3.21. The number of aryl methyl sites for hydroxylation is 1. The maximum Gasteiger partial charge on any atom is 0.244 e. The van der Waals surface area contributed by atoms with Crippen molar-refractivity contribution in [3.8, 4) is 5.75 Å². The summed E-state index contributed by atoms with van der Waals surface area (Å²) in [6.07, 6.45) is 4.61. The summed E-state index contributed by atoms with van der Waals surface area (Å²) < 4.78 is 20.2. The van der Waals surface area contributed by atoms with E-state index in [0.29, 0.717) is 31.1 Å². The molecule has 0 saturated carbocycles. The molecule has 2 N–H and O–H groups in total. The van der Waals surface area contributed by atoms with Gasteiger partial charge in [-0.15, -0.1) is 0 Å². The maximum absolute atomic E-state index is 13.1. The van der Waals surface area contributed by atoms with Crippen LogP contribution in [0.15, 0.2) is 55.0 Å². The van der Waals surface area contributed by atoms with Crippen LogP contribution in [-0.2, 0) is 16.1 Å². The number of ether oxygens (including phenoxy) is 1. The molecule has 3 aromatic rings. The van der Waals surface area contributed by atoms with E-state index in [1.54, 1.807) is 24.2 Å². The zero-order valence-electron chi connectivity index (χ0n) is 18.6. The van der Waals surface area contributed by atoms with Gasteiger partial charge in [-0.2, -0.15) is 9.49 Å². The van der Waals surface area contributed by atoms with Crippen molar-refractivity contribution in [2.24, 2.45) is 0 Å². The Balaban J connectivity index is 1.36. The summed E-state index contributed by atoms with van der Waals surface area (Å²) in [5.41, 5.74) is 2.20. The second kappa shape index (κ2) is 11.6. The fourth-order valence-corrected chi connectivity index (χ4v) is 2.89. The molecule has 174 valence electrons. The SMILES string of the molecule is Cc1ccc(OCCN(C)C(=O)Cn2cc(NC(=O)CCNc3ccnc(F)c3)cn2)cc1.